The molecule has 2 aromatic carbocycles. The molecule has 2 fully saturated rings. The number of amides is 2. The minimum Gasteiger partial charge on any atom is -0.490 e. The van der Waals surface area contributed by atoms with E-state index in [1.165, 1.54) is 36.7 Å². The van der Waals surface area contributed by atoms with Gasteiger partial charge in [-0.2, -0.15) is 0 Å². The fourth-order valence-corrected chi connectivity index (χ4v) is 8.23. The summed E-state index contributed by atoms with van der Waals surface area (Å²) in [6, 6.07) is 7.85. The number of carbonyl (C=O) groups is 3. The third-order valence-corrected chi connectivity index (χ3v) is 10.5. The lowest BCUT2D eigenvalue weighted by atomic mass is 9.69. The maximum atomic E-state index is 14.2. The van der Waals surface area contributed by atoms with Crippen molar-refractivity contribution in [2.45, 2.75) is 75.6 Å². The molecular formula is C33H39N5O4S. The molecule has 2 heterocycles. The van der Waals surface area contributed by atoms with E-state index in [1.54, 1.807) is 17.0 Å². The Bertz CT molecular complexity index is 1630. The van der Waals surface area contributed by atoms with Crippen molar-refractivity contribution in [3.8, 4) is 5.75 Å². The SMILES string of the molecule is C=CC(=O)N1CCCC(NC(=O)c2sc3c(N)ccc4c3c2C(N)C(=O)C4(N)c2ccc(OC3CCCCC3)cc2C)C1. The zero-order valence-corrected chi connectivity index (χ0v) is 25.3. The molecule has 226 valence electrons. The van der Waals surface area contributed by atoms with Gasteiger partial charge in [-0.1, -0.05) is 25.1 Å². The van der Waals surface area contributed by atoms with E-state index in [4.69, 9.17) is 21.9 Å². The van der Waals surface area contributed by atoms with Crippen LogP contribution in [0.15, 0.2) is 43.0 Å². The first-order valence-electron chi connectivity index (χ1n) is 15.1. The van der Waals surface area contributed by atoms with Gasteiger partial charge in [-0.3, -0.25) is 14.4 Å². The number of anilines is 1. The van der Waals surface area contributed by atoms with E-state index in [9.17, 15) is 14.4 Å². The van der Waals surface area contributed by atoms with Crippen molar-refractivity contribution in [2.75, 3.05) is 18.8 Å². The fraction of sp³-hybridized carbons (Fsp3) is 0.424. The Kier molecular flexibility index (Phi) is 7.78. The normalized spacial score (nSPS) is 24.2. The first kappa shape index (κ1) is 29.3. The van der Waals surface area contributed by atoms with Gasteiger partial charge in [-0.05, 0) is 86.4 Å². The van der Waals surface area contributed by atoms with E-state index in [2.05, 4.69) is 11.9 Å². The number of thiophene rings is 1. The van der Waals surface area contributed by atoms with Gasteiger partial charge in [0.1, 0.15) is 11.3 Å². The van der Waals surface area contributed by atoms with Crippen LogP contribution in [0.3, 0.4) is 0 Å². The maximum Gasteiger partial charge on any atom is 0.262 e. The summed E-state index contributed by atoms with van der Waals surface area (Å²) < 4.78 is 6.95. The zero-order valence-electron chi connectivity index (χ0n) is 24.5. The Morgan fingerprint density at radius 1 is 1.12 bits per heavy atom. The number of rotatable bonds is 6. The van der Waals surface area contributed by atoms with E-state index >= 15 is 0 Å². The van der Waals surface area contributed by atoms with Crippen LogP contribution in [-0.4, -0.2) is 47.7 Å². The molecule has 10 heteroatoms. The lowest BCUT2D eigenvalue weighted by Gasteiger charge is -2.37. The highest BCUT2D eigenvalue weighted by atomic mass is 32.1. The molecule has 3 atom stereocenters. The minimum atomic E-state index is -1.53. The van der Waals surface area contributed by atoms with Crippen LogP contribution in [0.1, 0.15) is 82.9 Å². The topological polar surface area (TPSA) is 154 Å². The Labute approximate surface area is 255 Å². The molecule has 3 unspecified atom stereocenters. The van der Waals surface area contributed by atoms with Gasteiger partial charge in [0, 0.05) is 35.8 Å². The quantitative estimate of drug-likeness (QED) is 0.244. The number of nitrogens with zero attached hydrogens (tertiary/aromatic N) is 1. The number of hydrogen-bond donors (Lipinski definition) is 4. The Morgan fingerprint density at radius 2 is 1.86 bits per heavy atom. The van der Waals surface area contributed by atoms with Gasteiger partial charge in [0.05, 0.1) is 21.7 Å². The van der Waals surface area contributed by atoms with E-state index in [0.29, 0.717) is 50.4 Å². The number of ether oxygens (including phenoxy) is 1. The highest BCUT2D eigenvalue weighted by molar-refractivity contribution is 7.21. The monoisotopic (exact) mass is 601 g/mol. The molecule has 2 amide bonds. The first-order chi connectivity index (χ1) is 20.6. The molecule has 43 heavy (non-hydrogen) atoms. The van der Waals surface area contributed by atoms with Crippen LogP contribution in [-0.2, 0) is 15.1 Å². The number of likely N-dealkylation sites (tertiary alicyclic amines) is 1. The second-order valence-electron chi connectivity index (χ2n) is 12.1. The molecule has 1 saturated heterocycles. The highest BCUT2D eigenvalue weighted by Gasteiger charge is 2.49. The summed E-state index contributed by atoms with van der Waals surface area (Å²) in [7, 11) is 0. The van der Waals surface area contributed by atoms with Crippen LogP contribution in [0.5, 0.6) is 5.75 Å². The van der Waals surface area contributed by atoms with E-state index in [-0.39, 0.29) is 29.7 Å². The van der Waals surface area contributed by atoms with Gasteiger partial charge in [0.15, 0.2) is 5.78 Å². The van der Waals surface area contributed by atoms with Crippen LogP contribution in [0.25, 0.3) is 10.1 Å². The number of ketones is 1. The number of nitrogen functional groups attached to an aromatic ring is 1. The molecule has 3 aliphatic rings. The Hall–Kier alpha value is -3.73. The van der Waals surface area contributed by atoms with Gasteiger partial charge in [-0.25, -0.2) is 0 Å². The van der Waals surface area contributed by atoms with Crippen LogP contribution in [0, 0.1) is 6.92 Å². The van der Waals surface area contributed by atoms with Crippen molar-refractivity contribution >= 4 is 44.7 Å². The Morgan fingerprint density at radius 3 is 2.58 bits per heavy atom. The number of aryl methyl sites for hydroxylation is 1. The standard InChI is InChI=1S/C33H39N5O4S/c1-3-25(39)38-15-7-8-19(17-38)37-32(41)30-27-26-23(13-14-24(34)29(26)43-30)33(36,31(40)28(27)35)22-12-11-21(16-18(22)2)42-20-9-5-4-6-10-20/h3,11-14,16,19-20,28H,1,4-10,15,17,34-36H2,2H3,(H,37,41). The molecule has 0 spiro atoms. The van der Waals surface area contributed by atoms with Crippen molar-refractivity contribution in [3.05, 3.63) is 70.1 Å². The minimum absolute atomic E-state index is 0.163. The lowest BCUT2D eigenvalue weighted by molar-refractivity contribution is -0.127. The van der Waals surface area contributed by atoms with Crippen LogP contribution >= 0.6 is 11.3 Å². The summed E-state index contributed by atoms with van der Waals surface area (Å²) in [5.41, 5.74) is 21.7. The molecule has 2 aliphatic carbocycles. The molecule has 1 aliphatic heterocycles. The first-order valence-corrected chi connectivity index (χ1v) is 15.9. The number of benzene rings is 2. The van der Waals surface area contributed by atoms with Gasteiger partial charge in [0.25, 0.3) is 5.91 Å². The van der Waals surface area contributed by atoms with Crippen molar-refractivity contribution in [3.63, 3.8) is 0 Å². The molecule has 9 nitrogen and oxygen atoms in total. The molecule has 1 saturated carbocycles. The Balaban J connectivity index is 1.37. The average Bonchev–Trinajstić information content (AvgIpc) is 3.42. The summed E-state index contributed by atoms with van der Waals surface area (Å²) in [6.07, 6.45) is 8.65. The molecule has 3 aromatic rings. The molecule has 1 aromatic heterocycles. The van der Waals surface area contributed by atoms with Crippen LogP contribution in [0.4, 0.5) is 5.69 Å². The zero-order chi connectivity index (χ0) is 30.5. The molecule has 7 N–H and O–H groups in total. The second kappa shape index (κ2) is 11.4. The lowest BCUT2D eigenvalue weighted by Crippen LogP contribution is -2.53. The smallest absolute Gasteiger partial charge is 0.262 e. The number of nitrogens with two attached hydrogens (primary N) is 3. The van der Waals surface area contributed by atoms with E-state index in [0.717, 1.165) is 37.0 Å². The predicted octanol–water partition coefficient (Wildman–Crippen LogP) is 4.20. The molecule has 0 bridgehead atoms. The van der Waals surface area contributed by atoms with Crippen molar-refractivity contribution in [2.24, 2.45) is 11.5 Å². The largest absolute Gasteiger partial charge is 0.490 e. The third kappa shape index (κ3) is 5.01. The second-order valence-corrected chi connectivity index (χ2v) is 13.1. The van der Waals surface area contributed by atoms with Crippen LogP contribution < -0.4 is 27.3 Å². The van der Waals surface area contributed by atoms with Crippen molar-refractivity contribution in [1.82, 2.24) is 10.2 Å². The van der Waals surface area contributed by atoms with Crippen molar-refractivity contribution in [1.29, 1.82) is 0 Å². The van der Waals surface area contributed by atoms with Gasteiger partial charge >= 0.3 is 0 Å². The van der Waals surface area contributed by atoms with Gasteiger partial charge in [0.2, 0.25) is 5.91 Å². The average molecular weight is 602 g/mol. The van der Waals surface area contributed by atoms with E-state index in [1.807, 2.05) is 25.1 Å². The number of carbonyl (C=O) groups excluding carboxylic acids is 3. The van der Waals surface area contributed by atoms with Crippen LogP contribution in [0.2, 0.25) is 0 Å². The van der Waals surface area contributed by atoms with Gasteiger partial charge in [-0.15, -0.1) is 11.3 Å². The number of hydrogen-bond acceptors (Lipinski definition) is 8. The third-order valence-electron chi connectivity index (χ3n) is 9.24. The fourth-order valence-electron chi connectivity index (χ4n) is 7.03. The highest BCUT2D eigenvalue weighted by Crippen LogP contribution is 2.50. The predicted molar refractivity (Wildman–Crippen MR) is 169 cm³/mol. The molecular weight excluding hydrogens is 562 g/mol. The molecule has 0 radical (unpaired) electrons. The summed E-state index contributed by atoms with van der Waals surface area (Å²) in [5.74, 6) is -0.127. The summed E-state index contributed by atoms with van der Waals surface area (Å²) in [5, 5.41) is 3.74. The summed E-state index contributed by atoms with van der Waals surface area (Å²) in [4.78, 5) is 42.1. The van der Waals surface area contributed by atoms with Gasteiger partial charge < -0.3 is 32.2 Å². The van der Waals surface area contributed by atoms with Crippen molar-refractivity contribution < 1.29 is 19.1 Å². The number of piperidine rings is 1. The van der Waals surface area contributed by atoms with E-state index < -0.39 is 11.6 Å². The summed E-state index contributed by atoms with van der Waals surface area (Å²) in [6.45, 7) is 6.51. The molecule has 6 rings (SSSR count). The summed E-state index contributed by atoms with van der Waals surface area (Å²) >= 11 is 1.22. The number of Topliss-reactive ketones (excluding diaryl/α,β-unsaturated/α-hetero) is 1. The number of nitrogens with one attached hydrogen (secondary N) is 1. The maximum absolute atomic E-state index is 14.2.